The lowest BCUT2D eigenvalue weighted by Crippen LogP contribution is -2.25. The van der Waals surface area contributed by atoms with Gasteiger partial charge in [-0.05, 0) is 55.3 Å². The fourth-order valence-electron chi connectivity index (χ4n) is 3.76. The van der Waals surface area contributed by atoms with Crippen molar-refractivity contribution in [3.05, 3.63) is 113 Å². The van der Waals surface area contributed by atoms with Gasteiger partial charge < -0.3 is 0 Å². The Kier molecular flexibility index (Phi) is 6.58. The molecule has 0 saturated carbocycles. The topological polar surface area (TPSA) is 63.7 Å². The predicted octanol–water partition coefficient (Wildman–Crippen LogP) is 5.49. The van der Waals surface area contributed by atoms with Crippen LogP contribution in [0.15, 0.2) is 107 Å². The van der Waals surface area contributed by atoms with E-state index in [0.717, 1.165) is 28.1 Å². The maximum absolute atomic E-state index is 13.4. The Morgan fingerprint density at radius 2 is 1.45 bits per heavy atom. The van der Waals surface area contributed by atoms with E-state index in [-0.39, 0.29) is 23.8 Å². The van der Waals surface area contributed by atoms with E-state index in [1.54, 1.807) is 17.0 Å². The van der Waals surface area contributed by atoms with Gasteiger partial charge in [-0.25, -0.2) is 0 Å². The van der Waals surface area contributed by atoms with Crippen LogP contribution in [0.25, 0.3) is 6.08 Å². The number of benzene rings is 3. The molecule has 1 aliphatic heterocycles. The fraction of sp³-hybridized carbons (Fsp3) is 0.148. The summed E-state index contributed by atoms with van der Waals surface area (Å²) in [6.07, 6.45) is 2.16. The molecule has 0 spiro atoms. The van der Waals surface area contributed by atoms with Crippen LogP contribution >= 0.6 is 0 Å². The highest BCUT2D eigenvalue weighted by molar-refractivity contribution is 7.86. The van der Waals surface area contributed by atoms with Crippen molar-refractivity contribution in [3.63, 3.8) is 0 Å². The van der Waals surface area contributed by atoms with E-state index in [1.165, 1.54) is 12.1 Å². The molecule has 3 aromatic rings. The van der Waals surface area contributed by atoms with E-state index >= 15 is 0 Å². The molecule has 168 valence electrons. The van der Waals surface area contributed by atoms with Crippen LogP contribution in [0.5, 0.6) is 0 Å². The molecule has 0 N–H and O–H groups in total. The number of para-hydroxylation sites is 1. The van der Waals surface area contributed by atoms with Gasteiger partial charge in [-0.15, -0.1) is 0 Å². The number of hydrogen-bond acceptors (Lipinski definition) is 4. The first-order valence-corrected chi connectivity index (χ1v) is 12.1. The number of nitrogens with zero attached hydrogens (tertiary/aromatic N) is 1. The molecule has 1 aliphatic rings. The minimum atomic E-state index is -3.89. The van der Waals surface area contributed by atoms with E-state index < -0.39 is 10.1 Å². The highest BCUT2D eigenvalue weighted by Gasteiger charge is 2.33. The molecule has 1 heterocycles. The van der Waals surface area contributed by atoms with Crippen LogP contribution in [0.1, 0.15) is 24.5 Å². The summed E-state index contributed by atoms with van der Waals surface area (Å²) in [7, 11) is -3.89. The molecule has 33 heavy (non-hydrogen) atoms. The number of amides is 1. The van der Waals surface area contributed by atoms with Crippen LogP contribution in [0.4, 0.5) is 5.69 Å². The van der Waals surface area contributed by atoms with Crippen molar-refractivity contribution >= 4 is 27.8 Å². The maximum atomic E-state index is 13.4. The van der Waals surface area contributed by atoms with Crippen molar-refractivity contribution in [2.24, 2.45) is 0 Å². The minimum absolute atomic E-state index is 0.104. The molecule has 3 aromatic carbocycles. The Morgan fingerprint density at radius 3 is 2.09 bits per heavy atom. The molecule has 0 saturated heterocycles. The van der Waals surface area contributed by atoms with Gasteiger partial charge in [0.1, 0.15) is 0 Å². The van der Waals surface area contributed by atoms with Gasteiger partial charge in [-0.1, -0.05) is 66.2 Å². The average molecular weight is 460 g/mol. The van der Waals surface area contributed by atoms with E-state index in [4.69, 9.17) is 4.18 Å². The molecule has 4 rings (SSSR count). The highest BCUT2D eigenvalue weighted by Crippen LogP contribution is 2.36. The summed E-state index contributed by atoms with van der Waals surface area (Å²) in [5.74, 6) is -0.169. The zero-order valence-electron chi connectivity index (χ0n) is 18.6. The van der Waals surface area contributed by atoms with Crippen molar-refractivity contribution in [2.45, 2.75) is 25.2 Å². The van der Waals surface area contributed by atoms with Gasteiger partial charge >= 0.3 is 0 Å². The number of anilines is 1. The standard InChI is InChI=1S/C27H25NO4S/c1-20-13-15-24(16-14-20)33(30,31)32-18-17-25-21(2)26(19-22-9-5-3-6-10-22)28(27(25)29)23-11-7-4-8-12-23/h3-16,19H,17-18H2,1-2H3/b26-19+. The third-order valence-corrected chi connectivity index (χ3v) is 6.88. The van der Waals surface area contributed by atoms with Crippen LogP contribution in [0, 0.1) is 6.92 Å². The highest BCUT2D eigenvalue weighted by atomic mass is 32.2. The molecule has 0 fully saturated rings. The van der Waals surface area contributed by atoms with E-state index in [0.29, 0.717) is 5.57 Å². The monoisotopic (exact) mass is 459 g/mol. The summed E-state index contributed by atoms with van der Waals surface area (Å²) in [6.45, 7) is 3.66. The van der Waals surface area contributed by atoms with Crippen LogP contribution in [-0.4, -0.2) is 20.9 Å². The largest absolute Gasteiger partial charge is 0.296 e. The number of aryl methyl sites for hydroxylation is 1. The molecule has 0 aromatic heterocycles. The van der Waals surface area contributed by atoms with Gasteiger partial charge in [0.25, 0.3) is 16.0 Å². The second-order valence-corrected chi connectivity index (χ2v) is 9.47. The lowest BCUT2D eigenvalue weighted by molar-refractivity contribution is -0.114. The van der Waals surface area contributed by atoms with Gasteiger partial charge in [0.2, 0.25) is 0 Å². The van der Waals surface area contributed by atoms with E-state index in [1.807, 2.05) is 80.6 Å². The van der Waals surface area contributed by atoms with Crippen molar-refractivity contribution in [1.82, 2.24) is 0 Å². The second-order valence-electron chi connectivity index (χ2n) is 7.86. The van der Waals surface area contributed by atoms with Crippen LogP contribution in [0.3, 0.4) is 0 Å². The maximum Gasteiger partial charge on any atom is 0.296 e. The van der Waals surface area contributed by atoms with Crippen molar-refractivity contribution in [3.8, 4) is 0 Å². The molecule has 0 unspecified atom stereocenters. The first kappa shape index (κ1) is 22.7. The molecule has 0 radical (unpaired) electrons. The summed E-state index contributed by atoms with van der Waals surface area (Å²) in [5, 5.41) is 0. The molecule has 5 nitrogen and oxygen atoms in total. The lowest BCUT2D eigenvalue weighted by atomic mass is 10.1. The van der Waals surface area contributed by atoms with Gasteiger partial charge in [-0.2, -0.15) is 8.42 Å². The third-order valence-electron chi connectivity index (χ3n) is 5.56. The first-order valence-electron chi connectivity index (χ1n) is 10.7. The molecule has 0 aliphatic carbocycles. The third kappa shape index (κ3) is 4.97. The number of hydrogen-bond donors (Lipinski definition) is 0. The number of rotatable bonds is 7. The Labute approximate surface area is 194 Å². The predicted molar refractivity (Wildman–Crippen MR) is 130 cm³/mol. The molecule has 6 heteroatoms. The summed E-state index contributed by atoms with van der Waals surface area (Å²) in [4.78, 5) is 15.2. The second kappa shape index (κ2) is 9.57. The number of carbonyl (C=O) groups is 1. The fourth-order valence-corrected chi connectivity index (χ4v) is 4.67. The summed E-state index contributed by atoms with van der Waals surface area (Å²) in [5.41, 5.74) is 4.82. The van der Waals surface area contributed by atoms with Gasteiger partial charge in [0.05, 0.1) is 17.2 Å². The normalized spacial score (nSPS) is 15.5. The first-order chi connectivity index (χ1) is 15.9. The van der Waals surface area contributed by atoms with Gasteiger partial charge in [0.15, 0.2) is 0 Å². The Morgan fingerprint density at radius 1 is 0.848 bits per heavy atom. The van der Waals surface area contributed by atoms with Crippen molar-refractivity contribution in [1.29, 1.82) is 0 Å². The summed E-state index contributed by atoms with van der Waals surface area (Å²) < 4.78 is 30.3. The Bertz CT molecular complexity index is 1310. The van der Waals surface area contributed by atoms with Gasteiger partial charge in [-0.3, -0.25) is 13.9 Å². The average Bonchev–Trinajstić information content (AvgIpc) is 3.04. The van der Waals surface area contributed by atoms with Crippen molar-refractivity contribution in [2.75, 3.05) is 11.5 Å². The quantitative estimate of drug-likeness (QED) is 0.438. The zero-order valence-corrected chi connectivity index (χ0v) is 19.4. The lowest BCUT2D eigenvalue weighted by Gasteiger charge is -2.20. The van der Waals surface area contributed by atoms with Gasteiger partial charge in [0, 0.05) is 17.7 Å². The molecule has 1 amide bonds. The van der Waals surface area contributed by atoms with Crippen LogP contribution in [-0.2, 0) is 19.1 Å². The molecular formula is C27H25NO4S. The molecule has 0 atom stereocenters. The summed E-state index contributed by atoms with van der Waals surface area (Å²) >= 11 is 0. The Balaban J connectivity index is 1.60. The summed E-state index contributed by atoms with van der Waals surface area (Å²) in [6, 6.07) is 25.7. The molecular weight excluding hydrogens is 434 g/mol. The van der Waals surface area contributed by atoms with Crippen molar-refractivity contribution < 1.29 is 17.4 Å². The van der Waals surface area contributed by atoms with E-state index in [9.17, 15) is 13.2 Å². The number of allylic oxidation sites excluding steroid dienone is 1. The van der Waals surface area contributed by atoms with Crippen LogP contribution < -0.4 is 4.90 Å². The smallest absolute Gasteiger partial charge is 0.277 e. The van der Waals surface area contributed by atoms with Crippen LogP contribution in [0.2, 0.25) is 0 Å². The SMILES string of the molecule is CC1=C(CCOS(=O)(=O)c2ccc(C)cc2)C(=O)N(c2ccccc2)/C1=C/c1ccccc1. The zero-order chi connectivity index (χ0) is 23.4. The molecule has 0 bridgehead atoms. The number of carbonyl (C=O) groups excluding carboxylic acids is 1. The minimum Gasteiger partial charge on any atom is -0.277 e. The van der Waals surface area contributed by atoms with E-state index in [2.05, 4.69) is 0 Å². The Hall–Kier alpha value is -3.48.